The summed E-state index contributed by atoms with van der Waals surface area (Å²) in [6.07, 6.45) is -0.933. The van der Waals surface area contributed by atoms with E-state index in [0.717, 1.165) is 5.69 Å². The van der Waals surface area contributed by atoms with Gasteiger partial charge in [-0.05, 0) is 18.2 Å². The third-order valence-electron chi connectivity index (χ3n) is 4.78. The maximum absolute atomic E-state index is 14.2. The second-order valence-electron chi connectivity index (χ2n) is 6.92. The van der Waals surface area contributed by atoms with Crippen LogP contribution in [0.15, 0.2) is 24.3 Å². The molecule has 0 fully saturated rings. The van der Waals surface area contributed by atoms with Gasteiger partial charge in [-0.25, -0.2) is 4.39 Å². The van der Waals surface area contributed by atoms with Crippen molar-refractivity contribution < 1.29 is 19.0 Å². The number of nitrogens with zero attached hydrogens (tertiary/aromatic N) is 4. The first-order chi connectivity index (χ1) is 12.9. The second kappa shape index (κ2) is 8.06. The molecular formula is C19H25FN4O3. The number of carbonyl (C=O) groups is 1. The number of ether oxygens (including phenoxy) is 1. The van der Waals surface area contributed by atoms with Crippen molar-refractivity contribution in [1.29, 1.82) is 0 Å². The van der Waals surface area contributed by atoms with Crippen molar-refractivity contribution in [2.45, 2.75) is 32.2 Å². The van der Waals surface area contributed by atoms with Gasteiger partial charge in [0.15, 0.2) is 0 Å². The first-order valence-electron chi connectivity index (χ1n) is 8.87. The van der Waals surface area contributed by atoms with Gasteiger partial charge in [-0.3, -0.25) is 14.4 Å². The van der Waals surface area contributed by atoms with Crippen molar-refractivity contribution in [3.05, 3.63) is 47.0 Å². The molecule has 146 valence electrons. The molecule has 1 atom stereocenters. The van der Waals surface area contributed by atoms with E-state index in [1.807, 2.05) is 10.7 Å². The number of aliphatic hydroxyl groups is 1. The summed E-state index contributed by atoms with van der Waals surface area (Å²) in [7, 11) is 4.84. The predicted octanol–water partition coefficient (Wildman–Crippen LogP) is 1.56. The number of aromatic nitrogens is 2. The number of fused-ring (bicyclic) bond motifs is 1. The molecule has 7 nitrogen and oxygen atoms in total. The average Bonchev–Trinajstić information content (AvgIpc) is 3.06. The number of methoxy groups -OCH3 is 1. The molecule has 1 amide bonds. The van der Waals surface area contributed by atoms with Gasteiger partial charge >= 0.3 is 0 Å². The van der Waals surface area contributed by atoms with Crippen molar-refractivity contribution in [2.24, 2.45) is 0 Å². The predicted molar refractivity (Wildman–Crippen MR) is 97.6 cm³/mol. The lowest BCUT2D eigenvalue weighted by atomic mass is 10.1. The minimum absolute atomic E-state index is 0.000404. The van der Waals surface area contributed by atoms with E-state index < -0.39 is 6.10 Å². The number of carbonyl (C=O) groups excluding carboxylic acids is 1. The van der Waals surface area contributed by atoms with Crippen LogP contribution < -0.4 is 4.74 Å². The highest BCUT2D eigenvalue weighted by Gasteiger charge is 2.24. The number of amides is 1. The van der Waals surface area contributed by atoms with E-state index in [1.54, 1.807) is 26.2 Å². The Morgan fingerprint density at radius 1 is 1.41 bits per heavy atom. The molecule has 0 saturated heterocycles. The molecule has 3 rings (SSSR count). The molecule has 1 aliphatic rings. The molecule has 1 N–H and O–H groups in total. The third-order valence-corrected chi connectivity index (χ3v) is 4.78. The third kappa shape index (κ3) is 4.28. The summed E-state index contributed by atoms with van der Waals surface area (Å²) in [6.45, 7) is 2.36. The van der Waals surface area contributed by atoms with E-state index in [1.165, 1.54) is 18.1 Å². The summed E-state index contributed by atoms with van der Waals surface area (Å²) in [5.41, 5.74) is 1.96. The Labute approximate surface area is 157 Å². The van der Waals surface area contributed by atoms with E-state index in [2.05, 4.69) is 10.00 Å². The normalized spacial score (nSPS) is 15.3. The fraction of sp³-hybridized carbons (Fsp3) is 0.474. The molecule has 2 heterocycles. The topological polar surface area (TPSA) is 70.8 Å². The van der Waals surface area contributed by atoms with Gasteiger partial charge in [0.05, 0.1) is 31.5 Å². The van der Waals surface area contributed by atoms with Gasteiger partial charge in [0.25, 0.3) is 0 Å². The van der Waals surface area contributed by atoms with Gasteiger partial charge in [0, 0.05) is 39.3 Å². The zero-order valence-electron chi connectivity index (χ0n) is 15.9. The number of aliphatic hydroxyl groups excluding tert-OH is 1. The number of benzene rings is 1. The van der Waals surface area contributed by atoms with Gasteiger partial charge in [-0.15, -0.1) is 0 Å². The van der Waals surface area contributed by atoms with Gasteiger partial charge in [0.2, 0.25) is 5.91 Å². The summed E-state index contributed by atoms with van der Waals surface area (Å²) >= 11 is 0. The number of hydrogen-bond donors (Lipinski definition) is 1. The van der Waals surface area contributed by atoms with Crippen molar-refractivity contribution in [3.8, 4) is 5.75 Å². The van der Waals surface area contributed by atoms with Crippen molar-refractivity contribution in [2.75, 3.05) is 27.7 Å². The Bertz CT molecular complexity index is 821. The quantitative estimate of drug-likeness (QED) is 0.829. The Morgan fingerprint density at radius 2 is 2.19 bits per heavy atom. The lowest BCUT2D eigenvalue weighted by Crippen LogP contribution is -2.33. The fourth-order valence-corrected chi connectivity index (χ4v) is 3.20. The summed E-state index contributed by atoms with van der Waals surface area (Å²) in [5.74, 6) is 0.0980. The highest BCUT2D eigenvalue weighted by molar-refractivity contribution is 5.76. The minimum atomic E-state index is -0.932. The lowest BCUT2D eigenvalue weighted by Gasteiger charge is -2.28. The molecule has 0 spiro atoms. The fourth-order valence-electron chi connectivity index (χ4n) is 3.20. The SMILES string of the molecule is COc1cccc(F)c1CN1CCn2nc(C(O)CC(=O)N(C)C)cc2C1. The van der Waals surface area contributed by atoms with Crippen LogP contribution in [0.5, 0.6) is 5.75 Å². The summed E-state index contributed by atoms with van der Waals surface area (Å²) < 4.78 is 21.3. The maximum Gasteiger partial charge on any atom is 0.225 e. The number of hydrogen-bond acceptors (Lipinski definition) is 5. The van der Waals surface area contributed by atoms with Crippen LogP contribution >= 0.6 is 0 Å². The van der Waals surface area contributed by atoms with Gasteiger partial charge < -0.3 is 14.7 Å². The van der Waals surface area contributed by atoms with E-state index >= 15 is 0 Å². The van der Waals surface area contributed by atoms with Crippen molar-refractivity contribution in [1.82, 2.24) is 19.6 Å². The zero-order valence-corrected chi connectivity index (χ0v) is 15.9. The van der Waals surface area contributed by atoms with E-state index in [4.69, 9.17) is 4.74 Å². The van der Waals surface area contributed by atoms with E-state index in [0.29, 0.717) is 43.2 Å². The molecule has 1 aromatic heterocycles. The maximum atomic E-state index is 14.2. The minimum Gasteiger partial charge on any atom is -0.496 e. The molecular weight excluding hydrogens is 351 g/mol. The Hall–Kier alpha value is -2.45. The van der Waals surface area contributed by atoms with Crippen LogP contribution in [0, 0.1) is 5.82 Å². The van der Waals surface area contributed by atoms with Gasteiger partial charge in [-0.1, -0.05) is 6.07 Å². The van der Waals surface area contributed by atoms with Crippen LogP contribution in [-0.2, 0) is 24.4 Å². The van der Waals surface area contributed by atoms with Crippen LogP contribution in [0.2, 0.25) is 0 Å². The van der Waals surface area contributed by atoms with E-state index in [-0.39, 0.29) is 18.1 Å². The molecule has 8 heteroatoms. The summed E-state index contributed by atoms with van der Waals surface area (Å²) in [6, 6.07) is 6.63. The summed E-state index contributed by atoms with van der Waals surface area (Å²) in [4.78, 5) is 15.4. The van der Waals surface area contributed by atoms with E-state index in [9.17, 15) is 14.3 Å². The smallest absolute Gasteiger partial charge is 0.225 e. The Morgan fingerprint density at radius 3 is 2.89 bits per heavy atom. The molecule has 1 aromatic carbocycles. The molecule has 0 saturated carbocycles. The molecule has 0 aliphatic carbocycles. The highest BCUT2D eigenvalue weighted by atomic mass is 19.1. The van der Waals surface area contributed by atoms with Crippen LogP contribution in [0.3, 0.4) is 0 Å². The number of rotatable bonds is 6. The second-order valence-corrected chi connectivity index (χ2v) is 6.92. The highest BCUT2D eigenvalue weighted by Crippen LogP contribution is 2.26. The molecule has 27 heavy (non-hydrogen) atoms. The molecule has 0 bridgehead atoms. The monoisotopic (exact) mass is 376 g/mol. The van der Waals surface area contributed by atoms with Crippen LogP contribution in [0.1, 0.15) is 29.5 Å². The number of halogens is 1. The molecule has 1 unspecified atom stereocenters. The Balaban J connectivity index is 1.70. The van der Waals surface area contributed by atoms with Crippen molar-refractivity contribution >= 4 is 5.91 Å². The Kier molecular flexibility index (Phi) is 5.76. The first kappa shape index (κ1) is 19.3. The average molecular weight is 376 g/mol. The standard InChI is InChI=1S/C19H25FN4O3/c1-22(2)19(26)10-17(25)16-9-13-11-23(7-8-24(13)21-16)12-14-15(20)5-4-6-18(14)27-3/h4-6,9,17,25H,7-8,10-12H2,1-3H3. The first-order valence-corrected chi connectivity index (χ1v) is 8.87. The summed E-state index contributed by atoms with van der Waals surface area (Å²) in [5, 5.41) is 14.7. The van der Waals surface area contributed by atoms with Gasteiger partial charge in [0.1, 0.15) is 17.7 Å². The zero-order chi connectivity index (χ0) is 19.6. The van der Waals surface area contributed by atoms with Crippen molar-refractivity contribution in [3.63, 3.8) is 0 Å². The van der Waals surface area contributed by atoms with Crippen LogP contribution in [0.4, 0.5) is 4.39 Å². The lowest BCUT2D eigenvalue weighted by molar-refractivity contribution is -0.130. The molecule has 1 aliphatic heterocycles. The van der Waals surface area contributed by atoms with Gasteiger partial charge in [-0.2, -0.15) is 5.10 Å². The molecule has 0 radical (unpaired) electrons. The van der Waals surface area contributed by atoms with Crippen LogP contribution in [0.25, 0.3) is 0 Å². The largest absolute Gasteiger partial charge is 0.496 e. The van der Waals surface area contributed by atoms with Crippen LogP contribution in [-0.4, -0.2) is 58.3 Å². The molecule has 2 aromatic rings.